The van der Waals surface area contributed by atoms with Crippen molar-refractivity contribution in [2.45, 2.75) is 6.18 Å². The van der Waals surface area contributed by atoms with Gasteiger partial charge < -0.3 is 14.4 Å². The van der Waals surface area contributed by atoms with E-state index in [4.69, 9.17) is 0 Å². The minimum Gasteiger partial charge on any atom is -0.335 e. The number of rotatable bonds is 2. The lowest BCUT2D eigenvalue weighted by Crippen LogP contribution is -2.50. The molecular formula is C23H20F3N3O3. The van der Waals surface area contributed by atoms with E-state index in [2.05, 4.69) is 0 Å². The molecule has 0 N–H and O–H groups in total. The molecule has 2 amide bonds. The first kappa shape index (κ1) is 21.6. The number of hydrogen-bond donors (Lipinski definition) is 0. The molecule has 6 nitrogen and oxygen atoms in total. The highest BCUT2D eigenvalue weighted by Gasteiger charge is 2.32. The number of halogens is 3. The summed E-state index contributed by atoms with van der Waals surface area (Å²) < 4.78 is 40.3. The number of amides is 2. The van der Waals surface area contributed by atoms with Gasteiger partial charge in [-0.3, -0.25) is 14.4 Å². The number of carbonyl (C=O) groups is 2. The lowest BCUT2D eigenvalue weighted by atomic mass is 10.1. The van der Waals surface area contributed by atoms with E-state index in [1.54, 1.807) is 36.2 Å². The number of hydrogen-bond acceptors (Lipinski definition) is 3. The molecule has 0 aliphatic carbocycles. The quantitative estimate of drug-likeness (QED) is 0.611. The maximum Gasteiger partial charge on any atom is 0.416 e. The number of aryl methyl sites for hydroxylation is 1. The number of fused-ring (bicyclic) bond motifs is 1. The van der Waals surface area contributed by atoms with Gasteiger partial charge in [0.2, 0.25) is 0 Å². The van der Waals surface area contributed by atoms with Crippen LogP contribution in [-0.4, -0.2) is 52.4 Å². The van der Waals surface area contributed by atoms with Crippen LogP contribution in [0.15, 0.2) is 59.4 Å². The third-order valence-corrected chi connectivity index (χ3v) is 5.68. The average Bonchev–Trinajstić information content (AvgIpc) is 2.80. The molecule has 1 aliphatic rings. The Hall–Kier alpha value is -3.62. The summed E-state index contributed by atoms with van der Waals surface area (Å²) in [5, 5.41) is 0.655. The van der Waals surface area contributed by atoms with Gasteiger partial charge in [-0.05, 0) is 24.3 Å². The second-order valence-electron chi connectivity index (χ2n) is 7.64. The van der Waals surface area contributed by atoms with Crippen molar-refractivity contribution in [1.29, 1.82) is 0 Å². The SMILES string of the molecule is Cn1c(=O)cc(C(=O)N2CCN(C(=O)c3cccc(C(F)(F)F)c3)CC2)c2ccccc21. The third-order valence-electron chi connectivity index (χ3n) is 5.68. The van der Waals surface area contributed by atoms with Crippen LogP contribution < -0.4 is 5.56 Å². The number of aromatic nitrogens is 1. The molecule has 0 atom stereocenters. The van der Waals surface area contributed by atoms with E-state index in [1.165, 1.54) is 27.7 Å². The average molecular weight is 443 g/mol. The maximum absolute atomic E-state index is 13.1. The van der Waals surface area contributed by atoms with Gasteiger partial charge >= 0.3 is 6.18 Å². The van der Waals surface area contributed by atoms with Crippen LogP contribution in [-0.2, 0) is 13.2 Å². The van der Waals surface area contributed by atoms with E-state index < -0.39 is 17.6 Å². The molecule has 1 saturated heterocycles. The third kappa shape index (κ3) is 3.98. The van der Waals surface area contributed by atoms with Gasteiger partial charge in [0.15, 0.2) is 0 Å². The lowest BCUT2D eigenvalue weighted by Gasteiger charge is -2.35. The molecule has 166 valence electrons. The predicted octanol–water partition coefficient (Wildman–Crippen LogP) is 3.16. The molecule has 0 spiro atoms. The fourth-order valence-corrected chi connectivity index (χ4v) is 3.88. The number of nitrogens with zero attached hydrogens (tertiary/aromatic N) is 3. The van der Waals surface area contributed by atoms with Crippen molar-refractivity contribution in [2.24, 2.45) is 7.05 Å². The van der Waals surface area contributed by atoms with Crippen LogP contribution in [0.1, 0.15) is 26.3 Å². The van der Waals surface area contributed by atoms with E-state index in [1.807, 2.05) is 0 Å². The van der Waals surface area contributed by atoms with Crippen LogP contribution in [0.25, 0.3) is 10.9 Å². The van der Waals surface area contributed by atoms with Crippen molar-refractivity contribution >= 4 is 22.7 Å². The van der Waals surface area contributed by atoms with Gasteiger partial charge in [-0.1, -0.05) is 24.3 Å². The fourth-order valence-electron chi connectivity index (χ4n) is 3.88. The van der Waals surface area contributed by atoms with Gasteiger partial charge in [0, 0.05) is 50.2 Å². The Morgan fingerprint density at radius 1 is 0.844 bits per heavy atom. The highest BCUT2D eigenvalue weighted by atomic mass is 19.4. The Labute approximate surface area is 181 Å². The number of alkyl halides is 3. The Balaban J connectivity index is 1.51. The van der Waals surface area contributed by atoms with E-state index in [-0.39, 0.29) is 43.2 Å². The lowest BCUT2D eigenvalue weighted by molar-refractivity contribution is -0.137. The van der Waals surface area contributed by atoms with E-state index in [0.717, 1.165) is 12.1 Å². The standard InChI is InChI=1S/C23H20F3N3O3/c1-27-19-8-3-2-7-17(19)18(14-20(27)30)22(32)29-11-9-28(10-12-29)21(31)15-5-4-6-16(13-15)23(24,25)26/h2-8,13-14H,9-12H2,1H3. The molecule has 1 fully saturated rings. The summed E-state index contributed by atoms with van der Waals surface area (Å²) in [4.78, 5) is 41.1. The zero-order valence-electron chi connectivity index (χ0n) is 17.2. The van der Waals surface area contributed by atoms with Gasteiger partial charge in [-0.15, -0.1) is 0 Å². The second kappa shape index (κ2) is 8.14. The number of para-hydroxylation sites is 1. The fraction of sp³-hybridized carbons (Fsp3) is 0.261. The maximum atomic E-state index is 13.1. The topological polar surface area (TPSA) is 62.6 Å². The van der Waals surface area contributed by atoms with Gasteiger partial charge in [-0.2, -0.15) is 13.2 Å². The monoisotopic (exact) mass is 443 g/mol. The molecule has 0 saturated carbocycles. The van der Waals surface area contributed by atoms with Gasteiger partial charge in [-0.25, -0.2) is 0 Å². The summed E-state index contributed by atoms with van der Waals surface area (Å²) in [5.41, 5.74) is -0.291. The van der Waals surface area contributed by atoms with E-state index in [0.29, 0.717) is 16.5 Å². The first-order chi connectivity index (χ1) is 15.2. The van der Waals surface area contributed by atoms with Gasteiger partial charge in [0.25, 0.3) is 17.4 Å². The number of carbonyl (C=O) groups excluding carboxylic acids is 2. The number of benzene rings is 2. The first-order valence-electron chi connectivity index (χ1n) is 10.0. The van der Waals surface area contributed by atoms with Crippen molar-refractivity contribution in [1.82, 2.24) is 14.4 Å². The Kier molecular flexibility index (Phi) is 5.50. The zero-order valence-corrected chi connectivity index (χ0v) is 17.2. The van der Waals surface area contributed by atoms with Crippen LogP contribution in [0.2, 0.25) is 0 Å². The van der Waals surface area contributed by atoms with E-state index in [9.17, 15) is 27.6 Å². The second-order valence-corrected chi connectivity index (χ2v) is 7.64. The minimum absolute atomic E-state index is 0.0443. The first-order valence-corrected chi connectivity index (χ1v) is 10.0. The minimum atomic E-state index is -4.53. The normalized spacial score (nSPS) is 14.6. The Morgan fingerprint density at radius 3 is 2.12 bits per heavy atom. The smallest absolute Gasteiger partial charge is 0.335 e. The van der Waals surface area contributed by atoms with Crippen molar-refractivity contribution < 1.29 is 22.8 Å². The highest BCUT2D eigenvalue weighted by molar-refractivity contribution is 6.06. The van der Waals surface area contributed by atoms with Crippen LogP contribution in [0.3, 0.4) is 0 Å². The summed E-state index contributed by atoms with van der Waals surface area (Å²) in [6.07, 6.45) is -4.53. The highest BCUT2D eigenvalue weighted by Crippen LogP contribution is 2.30. The van der Waals surface area contributed by atoms with Crippen LogP contribution in [0, 0.1) is 0 Å². The summed E-state index contributed by atoms with van der Waals surface area (Å²) in [7, 11) is 1.64. The summed E-state index contributed by atoms with van der Waals surface area (Å²) in [5.74, 6) is -0.827. The van der Waals surface area contributed by atoms with Crippen molar-refractivity contribution in [3.8, 4) is 0 Å². The van der Waals surface area contributed by atoms with Crippen LogP contribution in [0.5, 0.6) is 0 Å². The summed E-state index contributed by atoms with van der Waals surface area (Å²) >= 11 is 0. The van der Waals surface area contributed by atoms with E-state index >= 15 is 0 Å². The van der Waals surface area contributed by atoms with Crippen LogP contribution in [0.4, 0.5) is 13.2 Å². The number of pyridine rings is 1. The molecule has 9 heteroatoms. The molecule has 2 heterocycles. The van der Waals surface area contributed by atoms with Crippen molar-refractivity contribution in [2.75, 3.05) is 26.2 Å². The summed E-state index contributed by atoms with van der Waals surface area (Å²) in [6.45, 7) is 0.799. The number of piperazine rings is 1. The molecule has 3 aromatic rings. The Bertz CT molecular complexity index is 1260. The molecule has 2 aromatic carbocycles. The molecule has 0 unspecified atom stereocenters. The molecular weight excluding hydrogens is 423 g/mol. The van der Waals surface area contributed by atoms with Crippen LogP contribution >= 0.6 is 0 Å². The molecule has 1 aromatic heterocycles. The predicted molar refractivity (Wildman–Crippen MR) is 112 cm³/mol. The molecule has 4 rings (SSSR count). The molecule has 0 bridgehead atoms. The van der Waals surface area contributed by atoms with Crippen molar-refractivity contribution in [3.05, 3.63) is 81.6 Å². The largest absolute Gasteiger partial charge is 0.416 e. The molecule has 32 heavy (non-hydrogen) atoms. The molecule has 1 aliphatic heterocycles. The molecule has 0 radical (unpaired) electrons. The van der Waals surface area contributed by atoms with Crippen molar-refractivity contribution in [3.63, 3.8) is 0 Å². The zero-order chi connectivity index (χ0) is 23.0. The summed E-state index contributed by atoms with van der Waals surface area (Å²) in [6, 6.07) is 12.7. The van der Waals surface area contributed by atoms with Gasteiger partial charge in [0.05, 0.1) is 16.6 Å². The Morgan fingerprint density at radius 2 is 1.47 bits per heavy atom. The van der Waals surface area contributed by atoms with Gasteiger partial charge in [0.1, 0.15) is 0 Å².